The van der Waals surface area contributed by atoms with Gasteiger partial charge in [-0.25, -0.2) is 4.98 Å². The maximum Gasteiger partial charge on any atom is 0.117 e. The van der Waals surface area contributed by atoms with Crippen LogP contribution in [0.3, 0.4) is 0 Å². The van der Waals surface area contributed by atoms with Gasteiger partial charge in [0.05, 0.1) is 16.7 Å². The minimum atomic E-state index is 0.258. The van der Waals surface area contributed by atoms with Crippen LogP contribution in [0.1, 0.15) is 25.6 Å². The Labute approximate surface area is 209 Å². The maximum absolute atomic E-state index is 6.75. The molecule has 0 spiro atoms. The molecule has 35 heavy (non-hydrogen) atoms. The van der Waals surface area contributed by atoms with Crippen LogP contribution in [-0.2, 0) is 0 Å². The lowest BCUT2D eigenvalue weighted by Crippen LogP contribution is -2.03. The SMILES string of the molecule is CC(C)c1nc2ccc(-c3ccccn3)cc2n1-c1cccc(-c2cc3ccccc3cc2Cl)c1. The normalized spacial score (nSPS) is 11.5. The van der Waals surface area contributed by atoms with Crippen molar-refractivity contribution in [3.8, 4) is 28.1 Å². The molecule has 4 aromatic carbocycles. The predicted molar refractivity (Wildman–Crippen MR) is 146 cm³/mol. The predicted octanol–water partition coefficient (Wildman–Crippen LogP) is 8.68. The van der Waals surface area contributed by atoms with Crippen molar-refractivity contribution in [2.45, 2.75) is 19.8 Å². The first-order chi connectivity index (χ1) is 17.1. The van der Waals surface area contributed by atoms with E-state index >= 15 is 0 Å². The zero-order valence-corrected chi connectivity index (χ0v) is 20.4. The summed E-state index contributed by atoms with van der Waals surface area (Å²) >= 11 is 6.75. The van der Waals surface area contributed by atoms with Crippen LogP contribution in [0.25, 0.3) is 49.9 Å². The molecular formula is C31H24ClN3. The molecule has 0 N–H and O–H groups in total. The summed E-state index contributed by atoms with van der Waals surface area (Å²) in [6, 6.07) is 33.4. The van der Waals surface area contributed by atoms with E-state index < -0.39 is 0 Å². The Balaban J connectivity index is 1.55. The van der Waals surface area contributed by atoms with E-state index in [2.05, 4.69) is 90.1 Å². The van der Waals surface area contributed by atoms with Gasteiger partial charge in [0, 0.05) is 34.0 Å². The van der Waals surface area contributed by atoms with Crippen molar-refractivity contribution in [3.63, 3.8) is 0 Å². The van der Waals surface area contributed by atoms with E-state index in [-0.39, 0.29) is 5.92 Å². The molecule has 0 aliphatic carbocycles. The standard InChI is InChI=1S/C31H24ClN3/c1-20(2)31-34-29-14-13-24(28-12-5-6-15-33-28)19-30(29)35(31)25-11-7-10-23(16-25)26-17-21-8-3-4-9-22(21)18-27(26)32/h3-20H,1-2H3. The quantitative estimate of drug-likeness (QED) is 0.256. The van der Waals surface area contributed by atoms with Crippen molar-refractivity contribution in [3.05, 3.63) is 114 Å². The fourth-order valence-electron chi connectivity index (χ4n) is 4.69. The van der Waals surface area contributed by atoms with Crippen molar-refractivity contribution in [2.75, 3.05) is 0 Å². The Bertz CT molecular complexity index is 1680. The second-order valence-electron chi connectivity index (χ2n) is 9.11. The third-order valence-corrected chi connectivity index (χ3v) is 6.72. The maximum atomic E-state index is 6.75. The highest BCUT2D eigenvalue weighted by atomic mass is 35.5. The molecule has 2 aromatic heterocycles. The number of hydrogen-bond acceptors (Lipinski definition) is 2. The van der Waals surface area contributed by atoms with E-state index in [1.807, 2.05) is 36.5 Å². The van der Waals surface area contributed by atoms with E-state index in [0.717, 1.165) is 55.3 Å². The first-order valence-corrected chi connectivity index (χ1v) is 12.2. The number of benzene rings is 4. The van der Waals surface area contributed by atoms with Crippen molar-refractivity contribution in [1.82, 2.24) is 14.5 Å². The van der Waals surface area contributed by atoms with E-state index in [9.17, 15) is 0 Å². The number of fused-ring (bicyclic) bond motifs is 2. The molecule has 0 amide bonds. The van der Waals surface area contributed by atoms with Crippen LogP contribution in [0.2, 0.25) is 5.02 Å². The number of rotatable bonds is 4. The average molecular weight is 474 g/mol. The van der Waals surface area contributed by atoms with Gasteiger partial charge in [0.1, 0.15) is 5.82 Å². The number of hydrogen-bond donors (Lipinski definition) is 0. The number of aromatic nitrogens is 3. The molecule has 0 bridgehead atoms. The van der Waals surface area contributed by atoms with Crippen LogP contribution in [0.15, 0.2) is 103 Å². The highest BCUT2D eigenvalue weighted by Gasteiger charge is 2.17. The Morgan fingerprint density at radius 2 is 1.54 bits per heavy atom. The third kappa shape index (κ3) is 3.88. The Kier molecular flexibility index (Phi) is 5.35. The molecule has 3 nitrogen and oxygen atoms in total. The average Bonchev–Trinajstić information content (AvgIpc) is 3.28. The molecule has 0 unspecified atom stereocenters. The van der Waals surface area contributed by atoms with Gasteiger partial charge in [0.15, 0.2) is 0 Å². The molecule has 6 rings (SSSR count). The summed E-state index contributed by atoms with van der Waals surface area (Å²) in [5.74, 6) is 1.29. The zero-order chi connectivity index (χ0) is 23.9. The number of halogens is 1. The minimum absolute atomic E-state index is 0.258. The summed E-state index contributed by atoms with van der Waals surface area (Å²) in [7, 11) is 0. The number of pyridine rings is 1. The van der Waals surface area contributed by atoms with Gasteiger partial charge in [-0.15, -0.1) is 0 Å². The Morgan fingerprint density at radius 3 is 2.31 bits per heavy atom. The summed E-state index contributed by atoms with van der Waals surface area (Å²) in [4.78, 5) is 9.54. The molecule has 2 heterocycles. The second-order valence-corrected chi connectivity index (χ2v) is 9.52. The van der Waals surface area contributed by atoms with Crippen LogP contribution < -0.4 is 0 Å². The lowest BCUT2D eigenvalue weighted by molar-refractivity contribution is 0.760. The van der Waals surface area contributed by atoms with E-state index in [0.29, 0.717) is 0 Å². The van der Waals surface area contributed by atoms with Crippen molar-refractivity contribution in [2.24, 2.45) is 0 Å². The van der Waals surface area contributed by atoms with Gasteiger partial charge in [-0.3, -0.25) is 9.55 Å². The van der Waals surface area contributed by atoms with Gasteiger partial charge in [-0.1, -0.05) is 74.0 Å². The van der Waals surface area contributed by atoms with Gasteiger partial charge in [-0.05, 0) is 64.9 Å². The summed E-state index contributed by atoms with van der Waals surface area (Å²) in [6.45, 7) is 4.36. The van der Waals surface area contributed by atoms with E-state index in [1.165, 1.54) is 5.39 Å². The van der Waals surface area contributed by atoms with Gasteiger partial charge in [-0.2, -0.15) is 0 Å². The molecule has 0 atom stereocenters. The van der Waals surface area contributed by atoms with Crippen LogP contribution in [0, 0.1) is 0 Å². The van der Waals surface area contributed by atoms with E-state index in [4.69, 9.17) is 16.6 Å². The summed E-state index contributed by atoms with van der Waals surface area (Å²) in [5, 5.41) is 3.06. The molecule has 0 radical (unpaired) electrons. The lowest BCUT2D eigenvalue weighted by Gasteiger charge is -2.14. The molecule has 170 valence electrons. The first-order valence-electron chi connectivity index (χ1n) is 11.8. The molecule has 0 saturated heterocycles. The molecule has 0 aliphatic heterocycles. The van der Waals surface area contributed by atoms with Crippen LogP contribution in [0.5, 0.6) is 0 Å². The van der Waals surface area contributed by atoms with Crippen molar-refractivity contribution >= 4 is 33.4 Å². The largest absolute Gasteiger partial charge is 0.296 e. The first kappa shape index (κ1) is 21.6. The Morgan fingerprint density at radius 1 is 0.743 bits per heavy atom. The van der Waals surface area contributed by atoms with Gasteiger partial charge >= 0.3 is 0 Å². The van der Waals surface area contributed by atoms with Gasteiger partial charge < -0.3 is 0 Å². The van der Waals surface area contributed by atoms with Crippen molar-refractivity contribution < 1.29 is 0 Å². The number of nitrogens with zero attached hydrogens (tertiary/aromatic N) is 3. The molecule has 0 saturated carbocycles. The highest BCUT2D eigenvalue weighted by Crippen LogP contribution is 2.35. The number of imidazole rings is 1. The van der Waals surface area contributed by atoms with Crippen LogP contribution in [-0.4, -0.2) is 14.5 Å². The second kappa shape index (κ2) is 8.68. The summed E-state index contributed by atoms with van der Waals surface area (Å²) in [6.07, 6.45) is 1.83. The Hall–Kier alpha value is -3.95. The van der Waals surface area contributed by atoms with Gasteiger partial charge in [0.2, 0.25) is 0 Å². The molecule has 4 heteroatoms. The smallest absolute Gasteiger partial charge is 0.117 e. The lowest BCUT2D eigenvalue weighted by atomic mass is 10.0. The van der Waals surface area contributed by atoms with Crippen molar-refractivity contribution in [1.29, 1.82) is 0 Å². The fourth-order valence-corrected chi connectivity index (χ4v) is 4.97. The fraction of sp³-hybridized carbons (Fsp3) is 0.0968. The van der Waals surface area contributed by atoms with E-state index in [1.54, 1.807) is 0 Å². The molecule has 0 aliphatic rings. The topological polar surface area (TPSA) is 30.7 Å². The summed E-state index contributed by atoms with van der Waals surface area (Å²) in [5.41, 5.74) is 7.23. The molecule has 6 aromatic rings. The molecule has 0 fully saturated rings. The van der Waals surface area contributed by atoms with Crippen LogP contribution in [0.4, 0.5) is 0 Å². The zero-order valence-electron chi connectivity index (χ0n) is 19.6. The van der Waals surface area contributed by atoms with Gasteiger partial charge in [0.25, 0.3) is 0 Å². The minimum Gasteiger partial charge on any atom is -0.296 e. The van der Waals surface area contributed by atoms with Crippen LogP contribution >= 0.6 is 11.6 Å². The third-order valence-electron chi connectivity index (χ3n) is 6.41. The monoisotopic (exact) mass is 473 g/mol. The molecular weight excluding hydrogens is 450 g/mol. The summed E-state index contributed by atoms with van der Waals surface area (Å²) < 4.78 is 2.27. The highest BCUT2D eigenvalue weighted by molar-refractivity contribution is 6.34.